The molecule has 0 aromatic carbocycles. The summed E-state index contributed by atoms with van der Waals surface area (Å²) < 4.78 is 42.3. The average Bonchev–Trinajstić information content (AvgIpc) is 3.28. The Morgan fingerprint density at radius 3 is 1.85 bits per heavy atom. The standard InChI is InChI=1S/C32H58N2O11Si/c1-19(35)33(27(37)44-29(3,4)5)26-25-24(42-32(12,13)43-25)23(34(26)28(38)45-30(6,7)8)22(41-20(2)36)17-21(39-14)18-40-46(15,16)31(9,10)11/h21-26H,17-18H2,1-16H3/t21?,22?,23?,24?,25-,26+/m0/s1. The molecule has 13 nitrogen and oxygen atoms in total. The number of likely N-dealkylation sites (tertiary alicyclic amines) is 1. The van der Waals surface area contributed by atoms with Gasteiger partial charge in [-0.15, -0.1) is 0 Å². The highest BCUT2D eigenvalue weighted by Crippen LogP contribution is 2.45. The number of esters is 1. The van der Waals surface area contributed by atoms with Crippen molar-refractivity contribution in [3.8, 4) is 0 Å². The van der Waals surface area contributed by atoms with Crippen LogP contribution in [-0.4, -0.2) is 110 Å². The molecule has 4 unspecified atom stereocenters. The Kier molecular flexibility index (Phi) is 12.2. The van der Waals surface area contributed by atoms with Crippen LogP contribution in [0.1, 0.15) is 96.4 Å². The van der Waals surface area contributed by atoms with Gasteiger partial charge in [-0.2, -0.15) is 0 Å². The third-order valence-corrected chi connectivity index (χ3v) is 12.7. The van der Waals surface area contributed by atoms with Crippen LogP contribution in [0.2, 0.25) is 18.1 Å². The molecule has 0 radical (unpaired) electrons. The van der Waals surface area contributed by atoms with Crippen LogP contribution in [0.15, 0.2) is 0 Å². The van der Waals surface area contributed by atoms with Crippen LogP contribution in [0.5, 0.6) is 0 Å². The molecule has 0 saturated carbocycles. The van der Waals surface area contributed by atoms with Crippen molar-refractivity contribution in [2.75, 3.05) is 13.7 Å². The summed E-state index contributed by atoms with van der Waals surface area (Å²) in [6.07, 6.45) is -6.68. The Bertz CT molecular complexity index is 1120. The second kappa shape index (κ2) is 14.1. The monoisotopic (exact) mass is 674 g/mol. The van der Waals surface area contributed by atoms with Crippen LogP contribution in [0.3, 0.4) is 0 Å². The zero-order valence-electron chi connectivity index (χ0n) is 30.8. The molecule has 2 heterocycles. The molecule has 14 heteroatoms. The molecule has 0 spiro atoms. The minimum atomic E-state index is -2.18. The van der Waals surface area contributed by atoms with Crippen molar-refractivity contribution < 1.29 is 52.0 Å². The molecule has 2 fully saturated rings. The van der Waals surface area contributed by atoms with Gasteiger partial charge in [0.25, 0.3) is 0 Å². The molecule has 6 atom stereocenters. The second-order valence-corrected chi connectivity index (χ2v) is 20.8. The van der Waals surface area contributed by atoms with E-state index in [0.717, 1.165) is 4.90 Å². The van der Waals surface area contributed by atoms with Crippen molar-refractivity contribution in [3.63, 3.8) is 0 Å². The highest BCUT2D eigenvalue weighted by molar-refractivity contribution is 6.74. The van der Waals surface area contributed by atoms with Crippen LogP contribution >= 0.6 is 0 Å². The number of amides is 3. The summed E-state index contributed by atoms with van der Waals surface area (Å²) in [6.45, 7) is 26.8. The number of carbonyl (C=O) groups excluding carboxylic acids is 4. The number of hydrogen-bond acceptors (Lipinski definition) is 11. The van der Waals surface area contributed by atoms with Crippen LogP contribution in [0.4, 0.5) is 9.59 Å². The molecule has 2 rings (SSSR count). The van der Waals surface area contributed by atoms with Gasteiger partial charge in [-0.25, -0.2) is 14.5 Å². The Hall–Kier alpha value is -2.26. The number of hydrogen-bond donors (Lipinski definition) is 0. The first-order chi connectivity index (χ1) is 20.6. The fourth-order valence-electron chi connectivity index (χ4n) is 5.22. The van der Waals surface area contributed by atoms with Crippen LogP contribution in [0.25, 0.3) is 0 Å². The van der Waals surface area contributed by atoms with Gasteiger partial charge in [0.1, 0.15) is 35.6 Å². The zero-order valence-corrected chi connectivity index (χ0v) is 31.8. The maximum Gasteiger partial charge on any atom is 0.418 e. The summed E-state index contributed by atoms with van der Waals surface area (Å²) in [6, 6.07) is -1.06. The number of nitrogens with zero attached hydrogens (tertiary/aromatic N) is 2. The minimum absolute atomic E-state index is 0.0571. The first-order valence-electron chi connectivity index (χ1n) is 15.8. The van der Waals surface area contributed by atoms with E-state index in [1.54, 1.807) is 55.4 Å². The van der Waals surface area contributed by atoms with E-state index in [1.165, 1.54) is 25.9 Å². The first-order valence-corrected chi connectivity index (χ1v) is 18.8. The second-order valence-electron chi connectivity index (χ2n) is 16.0. The van der Waals surface area contributed by atoms with E-state index in [4.69, 9.17) is 32.8 Å². The molecule has 0 aliphatic carbocycles. The van der Waals surface area contributed by atoms with Gasteiger partial charge >= 0.3 is 18.2 Å². The maximum atomic E-state index is 14.1. The highest BCUT2D eigenvalue weighted by atomic mass is 28.4. The largest absolute Gasteiger partial charge is 0.460 e. The molecule has 0 aromatic heterocycles. The van der Waals surface area contributed by atoms with Gasteiger partial charge in [-0.3, -0.25) is 14.5 Å². The van der Waals surface area contributed by atoms with E-state index in [2.05, 4.69) is 33.9 Å². The van der Waals surface area contributed by atoms with E-state index in [0.29, 0.717) is 0 Å². The molecule has 266 valence electrons. The molecular weight excluding hydrogens is 616 g/mol. The fraction of sp³-hybridized carbons (Fsp3) is 0.875. The lowest BCUT2D eigenvalue weighted by Gasteiger charge is -2.41. The van der Waals surface area contributed by atoms with Crippen LogP contribution in [0, 0.1) is 0 Å². The quantitative estimate of drug-likeness (QED) is 0.172. The third-order valence-electron chi connectivity index (χ3n) is 8.16. The molecule has 0 N–H and O–H groups in total. The summed E-state index contributed by atoms with van der Waals surface area (Å²) in [4.78, 5) is 55.7. The summed E-state index contributed by atoms with van der Waals surface area (Å²) in [5.74, 6) is -2.47. The van der Waals surface area contributed by atoms with Crippen molar-refractivity contribution in [2.24, 2.45) is 0 Å². The topological polar surface area (TPSA) is 139 Å². The minimum Gasteiger partial charge on any atom is -0.460 e. The lowest BCUT2D eigenvalue weighted by Crippen LogP contribution is -2.61. The van der Waals surface area contributed by atoms with Gasteiger partial charge in [-0.05, 0) is 73.5 Å². The third kappa shape index (κ3) is 10.1. The van der Waals surface area contributed by atoms with Crippen molar-refractivity contribution in [2.45, 2.75) is 168 Å². The molecule has 0 aromatic rings. The SMILES string of the molecule is COC(CO[Si](C)(C)C(C)(C)C)CC(OC(C)=O)C1C2OC(C)(C)O[C@@H]2[C@H](N(C(C)=O)C(=O)OC(C)(C)C)N1C(=O)OC(C)(C)C. The van der Waals surface area contributed by atoms with Crippen molar-refractivity contribution in [1.29, 1.82) is 0 Å². The number of fused-ring (bicyclic) bond motifs is 1. The Labute approximate surface area is 276 Å². The zero-order chi connectivity index (χ0) is 35.8. The normalized spacial score (nSPS) is 24.6. The van der Waals surface area contributed by atoms with E-state index in [1.807, 2.05) is 0 Å². The number of rotatable bonds is 9. The number of ether oxygens (including phenoxy) is 6. The van der Waals surface area contributed by atoms with Crippen molar-refractivity contribution in [3.05, 3.63) is 0 Å². The molecule has 2 aliphatic heterocycles. The van der Waals surface area contributed by atoms with Crippen LogP contribution in [-0.2, 0) is 42.4 Å². The summed E-state index contributed by atoms with van der Waals surface area (Å²) in [5.41, 5.74) is -1.91. The smallest absolute Gasteiger partial charge is 0.418 e. The van der Waals surface area contributed by atoms with E-state index in [9.17, 15) is 19.2 Å². The predicted octanol–water partition coefficient (Wildman–Crippen LogP) is 5.59. The first kappa shape index (κ1) is 39.9. The molecule has 2 aliphatic rings. The Morgan fingerprint density at radius 1 is 0.891 bits per heavy atom. The maximum absolute atomic E-state index is 14.1. The molecular formula is C32H58N2O11Si. The molecule has 3 amide bonds. The van der Waals surface area contributed by atoms with E-state index < -0.39 is 86.0 Å². The van der Waals surface area contributed by atoms with Gasteiger partial charge < -0.3 is 32.8 Å². The Balaban J connectivity index is 2.72. The number of methoxy groups -OCH3 is 1. The predicted molar refractivity (Wildman–Crippen MR) is 172 cm³/mol. The summed E-state index contributed by atoms with van der Waals surface area (Å²) in [5, 5.41) is -0.0571. The highest BCUT2D eigenvalue weighted by Gasteiger charge is 2.65. The average molecular weight is 675 g/mol. The lowest BCUT2D eigenvalue weighted by atomic mass is 9.99. The van der Waals surface area contributed by atoms with Gasteiger partial charge in [0.2, 0.25) is 5.91 Å². The lowest BCUT2D eigenvalue weighted by molar-refractivity contribution is -0.188. The number of imide groups is 1. The van der Waals surface area contributed by atoms with Gasteiger partial charge in [0, 0.05) is 27.4 Å². The van der Waals surface area contributed by atoms with Gasteiger partial charge in [0.15, 0.2) is 20.3 Å². The molecule has 46 heavy (non-hydrogen) atoms. The summed E-state index contributed by atoms with van der Waals surface area (Å²) in [7, 11) is -0.644. The van der Waals surface area contributed by atoms with Gasteiger partial charge in [-0.1, -0.05) is 20.8 Å². The number of carbonyl (C=O) groups is 4. The molecule has 2 saturated heterocycles. The van der Waals surface area contributed by atoms with E-state index in [-0.39, 0.29) is 18.1 Å². The summed E-state index contributed by atoms with van der Waals surface area (Å²) >= 11 is 0. The molecule has 0 bridgehead atoms. The van der Waals surface area contributed by atoms with Crippen LogP contribution < -0.4 is 0 Å². The van der Waals surface area contributed by atoms with Crippen molar-refractivity contribution in [1.82, 2.24) is 9.80 Å². The fourth-order valence-corrected chi connectivity index (χ4v) is 6.26. The Morgan fingerprint density at radius 2 is 1.41 bits per heavy atom. The van der Waals surface area contributed by atoms with E-state index >= 15 is 0 Å². The van der Waals surface area contributed by atoms with Crippen molar-refractivity contribution >= 4 is 32.4 Å². The van der Waals surface area contributed by atoms with Gasteiger partial charge in [0.05, 0.1) is 12.7 Å².